The number of carbonyl (C=O) groups is 1. The van der Waals surface area contributed by atoms with Crippen LogP contribution in [0.1, 0.15) is 37.9 Å². The van der Waals surface area contributed by atoms with E-state index in [1.807, 2.05) is 24.3 Å². The third-order valence-corrected chi connectivity index (χ3v) is 7.24. The van der Waals surface area contributed by atoms with Gasteiger partial charge in [-0.15, -0.1) is 11.3 Å². The first kappa shape index (κ1) is 21.5. The molecule has 1 aliphatic carbocycles. The summed E-state index contributed by atoms with van der Waals surface area (Å²) in [5.74, 6) is 0.264. The monoisotopic (exact) mass is 463 g/mol. The Kier molecular flexibility index (Phi) is 6.00. The zero-order valence-corrected chi connectivity index (χ0v) is 19.0. The van der Waals surface area contributed by atoms with Crippen LogP contribution in [0.3, 0.4) is 0 Å². The van der Waals surface area contributed by atoms with Crippen molar-refractivity contribution in [3.05, 3.63) is 80.9 Å². The van der Waals surface area contributed by atoms with Gasteiger partial charge in [-0.05, 0) is 50.3 Å². The van der Waals surface area contributed by atoms with E-state index in [1.165, 1.54) is 40.6 Å². The number of carbonyl (C=O) groups excluding carboxylic acids is 1. The topological polar surface area (TPSA) is 86.2 Å². The van der Waals surface area contributed by atoms with Gasteiger partial charge in [-0.3, -0.25) is 18.7 Å². The van der Waals surface area contributed by atoms with Crippen LogP contribution in [0.4, 0.5) is 0 Å². The lowest BCUT2D eigenvalue weighted by atomic mass is 9.97. The molecule has 1 amide bonds. The molecule has 1 aromatic carbocycles. The molecule has 0 spiro atoms. The van der Waals surface area contributed by atoms with Crippen LogP contribution in [0.15, 0.2) is 68.3 Å². The van der Waals surface area contributed by atoms with Crippen LogP contribution >= 0.6 is 11.3 Å². The highest BCUT2D eigenvalue weighted by atomic mass is 32.1. The van der Waals surface area contributed by atoms with Gasteiger partial charge in [0.25, 0.3) is 5.56 Å². The summed E-state index contributed by atoms with van der Waals surface area (Å²) in [6, 6.07) is 11.0. The molecule has 0 bridgehead atoms. The molecular formula is C25H25N3O4S. The van der Waals surface area contributed by atoms with Crippen molar-refractivity contribution in [3.63, 3.8) is 0 Å². The van der Waals surface area contributed by atoms with Crippen LogP contribution in [-0.2, 0) is 17.9 Å². The van der Waals surface area contributed by atoms with Crippen LogP contribution in [0.2, 0.25) is 0 Å². The summed E-state index contributed by atoms with van der Waals surface area (Å²) in [6.07, 6.45) is 9.24. The molecule has 0 saturated carbocycles. The Bertz CT molecular complexity index is 1460. The maximum absolute atomic E-state index is 13.4. The molecule has 1 N–H and O–H groups in total. The van der Waals surface area contributed by atoms with E-state index in [0.29, 0.717) is 22.5 Å². The molecule has 5 rings (SSSR count). The van der Waals surface area contributed by atoms with Gasteiger partial charge in [0.2, 0.25) is 5.91 Å². The van der Waals surface area contributed by atoms with Crippen molar-refractivity contribution in [2.45, 2.75) is 45.2 Å². The average molecular weight is 464 g/mol. The number of fused-ring (bicyclic) bond motifs is 3. The van der Waals surface area contributed by atoms with E-state index in [4.69, 9.17) is 4.42 Å². The van der Waals surface area contributed by atoms with Crippen molar-refractivity contribution in [3.8, 4) is 0 Å². The molecule has 7 nitrogen and oxygen atoms in total. The maximum Gasteiger partial charge on any atom is 0.332 e. The van der Waals surface area contributed by atoms with Crippen molar-refractivity contribution in [2.75, 3.05) is 6.54 Å². The Morgan fingerprint density at radius 3 is 2.76 bits per heavy atom. The summed E-state index contributed by atoms with van der Waals surface area (Å²) >= 11 is 1.34. The van der Waals surface area contributed by atoms with Crippen LogP contribution in [0, 0.1) is 0 Å². The van der Waals surface area contributed by atoms with Gasteiger partial charge in [0.15, 0.2) is 0 Å². The third kappa shape index (κ3) is 4.30. The number of allylic oxidation sites excluding steroid dienone is 1. The number of nitrogens with one attached hydrogen (secondary N) is 1. The molecule has 0 atom stereocenters. The van der Waals surface area contributed by atoms with E-state index in [9.17, 15) is 14.4 Å². The summed E-state index contributed by atoms with van der Waals surface area (Å²) < 4.78 is 9.30. The molecule has 4 aromatic rings. The van der Waals surface area contributed by atoms with Gasteiger partial charge >= 0.3 is 5.69 Å². The average Bonchev–Trinajstić information content (AvgIpc) is 3.48. The second kappa shape index (κ2) is 9.23. The first-order valence-corrected chi connectivity index (χ1v) is 12.1. The molecule has 0 radical (unpaired) electrons. The maximum atomic E-state index is 13.4. The van der Waals surface area contributed by atoms with E-state index in [-0.39, 0.29) is 24.6 Å². The van der Waals surface area contributed by atoms with E-state index in [0.717, 1.165) is 33.9 Å². The van der Waals surface area contributed by atoms with E-state index in [2.05, 4.69) is 11.4 Å². The molecule has 0 unspecified atom stereocenters. The van der Waals surface area contributed by atoms with Gasteiger partial charge in [-0.2, -0.15) is 0 Å². The van der Waals surface area contributed by atoms with Gasteiger partial charge in [0.05, 0.1) is 18.3 Å². The van der Waals surface area contributed by atoms with Crippen molar-refractivity contribution in [2.24, 2.45) is 0 Å². The van der Waals surface area contributed by atoms with Crippen LogP contribution in [0.25, 0.3) is 20.3 Å². The number of rotatable bonds is 7. The van der Waals surface area contributed by atoms with E-state index < -0.39 is 5.69 Å². The van der Waals surface area contributed by atoms with Crippen molar-refractivity contribution >= 4 is 37.5 Å². The van der Waals surface area contributed by atoms with Gasteiger partial charge < -0.3 is 9.73 Å². The molecular weight excluding hydrogens is 438 g/mol. The molecule has 170 valence electrons. The van der Waals surface area contributed by atoms with E-state index >= 15 is 0 Å². The molecule has 1 aliphatic rings. The normalized spacial score (nSPS) is 14.0. The number of hydrogen-bond donors (Lipinski definition) is 1. The largest absolute Gasteiger partial charge is 0.467 e. The number of benzene rings is 1. The van der Waals surface area contributed by atoms with Gasteiger partial charge in [-0.25, -0.2) is 4.79 Å². The zero-order valence-electron chi connectivity index (χ0n) is 18.2. The molecule has 3 aromatic heterocycles. The van der Waals surface area contributed by atoms with E-state index in [1.54, 1.807) is 12.1 Å². The summed E-state index contributed by atoms with van der Waals surface area (Å²) in [4.78, 5) is 39.5. The van der Waals surface area contributed by atoms with Crippen molar-refractivity contribution in [1.82, 2.24) is 14.5 Å². The van der Waals surface area contributed by atoms with Crippen LogP contribution in [0.5, 0.6) is 0 Å². The first-order valence-electron chi connectivity index (χ1n) is 11.2. The minimum Gasteiger partial charge on any atom is -0.467 e. The minimum atomic E-state index is -0.516. The Morgan fingerprint density at radius 2 is 1.97 bits per heavy atom. The summed E-state index contributed by atoms with van der Waals surface area (Å²) in [7, 11) is 0. The lowest BCUT2D eigenvalue weighted by molar-refractivity contribution is -0.121. The predicted octanol–water partition coefficient (Wildman–Crippen LogP) is 4.03. The number of aromatic nitrogens is 2. The standard InChI is InChI=1S/C25H25N3O4S/c29-21(26-13-12-17-7-2-1-3-8-17)16-27-22-19-10-4-5-11-20(19)33-23(22)24(30)28(25(27)31)15-18-9-6-14-32-18/h4-7,9-11,14H,1-3,8,12-13,15-16H2,(H,26,29). The Hall–Kier alpha value is -3.39. The van der Waals surface area contributed by atoms with Crippen molar-refractivity contribution < 1.29 is 9.21 Å². The molecule has 8 heteroatoms. The fourth-order valence-corrected chi connectivity index (χ4v) is 5.59. The Balaban J connectivity index is 1.50. The Labute approximate surface area is 193 Å². The second-order valence-corrected chi connectivity index (χ2v) is 9.38. The first-order chi connectivity index (χ1) is 16.1. The van der Waals surface area contributed by atoms with Crippen LogP contribution in [-0.4, -0.2) is 21.6 Å². The predicted molar refractivity (Wildman–Crippen MR) is 130 cm³/mol. The fraction of sp³-hybridized carbons (Fsp3) is 0.320. The molecule has 33 heavy (non-hydrogen) atoms. The number of furan rings is 1. The SMILES string of the molecule is O=C(Cn1c(=O)n(Cc2ccco2)c(=O)c2sc3ccccc3c21)NCCC1=CCCCC1. The lowest BCUT2D eigenvalue weighted by Crippen LogP contribution is -2.42. The third-order valence-electron chi connectivity index (χ3n) is 6.09. The summed E-state index contributed by atoms with van der Waals surface area (Å²) in [5.41, 5.74) is 1.02. The highest BCUT2D eigenvalue weighted by molar-refractivity contribution is 7.25. The highest BCUT2D eigenvalue weighted by Crippen LogP contribution is 2.30. The number of thiophene rings is 1. The smallest absolute Gasteiger partial charge is 0.332 e. The molecule has 0 fully saturated rings. The van der Waals surface area contributed by atoms with Gasteiger partial charge in [0, 0.05) is 16.6 Å². The quantitative estimate of drug-likeness (QED) is 0.420. The fourth-order valence-electron chi connectivity index (χ4n) is 4.43. The summed E-state index contributed by atoms with van der Waals surface area (Å²) in [6.45, 7) is 0.414. The zero-order chi connectivity index (χ0) is 22.8. The minimum absolute atomic E-state index is 0.0185. The molecule has 0 aliphatic heterocycles. The molecule has 3 heterocycles. The Morgan fingerprint density at radius 1 is 1.09 bits per heavy atom. The second-order valence-electron chi connectivity index (χ2n) is 8.32. The van der Waals surface area contributed by atoms with Gasteiger partial charge in [0.1, 0.15) is 17.0 Å². The lowest BCUT2D eigenvalue weighted by Gasteiger charge is -2.14. The summed E-state index contributed by atoms with van der Waals surface area (Å²) in [5, 5.41) is 3.75. The molecule has 0 saturated heterocycles. The number of hydrogen-bond acceptors (Lipinski definition) is 5. The van der Waals surface area contributed by atoms with Crippen molar-refractivity contribution in [1.29, 1.82) is 0 Å². The van der Waals surface area contributed by atoms with Crippen LogP contribution < -0.4 is 16.6 Å². The number of amides is 1. The highest BCUT2D eigenvalue weighted by Gasteiger charge is 2.20. The number of nitrogens with zero attached hydrogens (tertiary/aromatic N) is 2. The van der Waals surface area contributed by atoms with Gasteiger partial charge in [-0.1, -0.05) is 29.8 Å².